The summed E-state index contributed by atoms with van der Waals surface area (Å²) in [5, 5.41) is 9.63. The molecule has 0 heterocycles. The van der Waals surface area contributed by atoms with Crippen LogP contribution in [0.2, 0.25) is 0 Å². The number of aryl methyl sites for hydroxylation is 1. The Hall–Kier alpha value is -0.890. The van der Waals surface area contributed by atoms with E-state index >= 15 is 0 Å². The summed E-state index contributed by atoms with van der Waals surface area (Å²) < 4.78 is 13.3. The van der Waals surface area contributed by atoms with E-state index in [1.807, 2.05) is 6.07 Å². The number of hydrogen-bond acceptors (Lipinski definition) is 1. The van der Waals surface area contributed by atoms with E-state index in [9.17, 15) is 9.50 Å². The van der Waals surface area contributed by atoms with Gasteiger partial charge in [-0.1, -0.05) is 12.1 Å². The zero-order chi connectivity index (χ0) is 10.3. The van der Waals surface area contributed by atoms with E-state index in [0.717, 1.165) is 18.4 Å². The second-order valence-electron chi connectivity index (χ2n) is 4.30. The van der Waals surface area contributed by atoms with Crippen LogP contribution in [0.5, 0.6) is 0 Å². The Kier molecular flexibility index (Phi) is 2.11. The first-order chi connectivity index (χ1) is 6.56. The number of aliphatic hydroxyl groups is 1. The van der Waals surface area contributed by atoms with Crippen molar-refractivity contribution in [3.63, 3.8) is 0 Å². The molecule has 0 aliphatic heterocycles. The zero-order valence-corrected chi connectivity index (χ0v) is 8.55. The molecule has 0 spiro atoms. The zero-order valence-electron chi connectivity index (χ0n) is 8.55. The van der Waals surface area contributed by atoms with Crippen LogP contribution in [0.4, 0.5) is 4.39 Å². The van der Waals surface area contributed by atoms with Crippen LogP contribution in [0, 0.1) is 12.7 Å². The average molecular weight is 194 g/mol. The molecule has 0 radical (unpaired) electrons. The monoisotopic (exact) mass is 194 g/mol. The van der Waals surface area contributed by atoms with Crippen LogP contribution < -0.4 is 0 Å². The van der Waals surface area contributed by atoms with Crippen LogP contribution in [0.1, 0.15) is 30.9 Å². The first-order valence-corrected chi connectivity index (χ1v) is 5.01. The molecule has 1 aromatic carbocycles. The van der Waals surface area contributed by atoms with Crippen LogP contribution in [-0.4, -0.2) is 11.2 Å². The summed E-state index contributed by atoms with van der Waals surface area (Å²) in [6.07, 6.45) is 1.55. The van der Waals surface area contributed by atoms with Crippen molar-refractivity contribution in [2.75, 3.05) is 0 Å². The topological polar surface area (TPSA) is 20.2 Å². The van der Waals surface area contributed by atoms with Gasteiger partial charge in [0, 0.05) is 5.41 Å². The number of rotatable bonds is 2. The van der Waals surface area contributed by atoms with Crippen LogP contribution in [0.25, 0.3) is 0 Å². The molecular weight excluding hydrogens is 179 g/mol. The van der Waals surface area contributed by atoms with E-state index in [-0.39, 0.29) is 17.3 Å². The second kappa shape index (κ2) is 3.06. The van der Waals surface area contributed by atoms with E-state index in [1.165, 1.54) is 0 Å². The van der Waals surface area contributed by atoms with Crippen molar-refractivity contribution < 1.29 is 9.50 Å². The van der Waals surface area contributed by atoms with Gasteiger partial charge in [0.05, 0.1) is 6.10 Å². The highest BCUT2D eigenvalue weighted by Crippen LogP contribution is 2.51. The lowest BCUT2D eigenvalue weighted by Gasteiger charge is -2.19. The molecule has 1 unspecified atom stereocenters. The first-order valence-electron chi connectivity index (χ1n) is 5.01. The minimum atomic E-state index is -0.385. The molecule has 1 atom stereocenters. The van der Waals surface area contributed by atoms with Gasteiger partial charge in [-0.15, -0.1) is 0 Å². The Balaban J connectivity index is 2.38. The highest BCUT2D eigenvalue weighted by Gasteiger charge is 2.48. The van der Waals surface area contributed by atoms with E-state index in [4.69, 9.17) is 0 Å². The van der Waals surface area contributed by atoms with Gasteiger partial charge in [0.2, 0.25) is 0 Å². The van der Waals surface area contributed by atoms with Crippen molar-refractivity contribution >= 4 is 0 Å². The Morgan fingerprint density at radius 3 is 2.50 bits per heavy atom. The van der Waals surface area contributed by atoms with Gasteiger partial charge in [-0.25, -0.2) is 4.39 Å². The molecule has 0 amide bonds. The first kappa shape index (κ1) is 9.66. The molecule has 0 saturated heterocycles. The smallest absolute Gasteiger partial charge is 0.126 e. The lowest BCUT2D eigenvalue weighted by molar-refractivity contribution is 0.150. The fraction of sp³-hybridized carbons (Fsp3) is 0.500. The number of aliphatic hydroxyl groups excluding tert-OH is 1. The van der Waals surface area contributed by atoms with Crippen molar-refractivity contribution in [1.29, 1.82) is 0 Å². The molecule has 1 saturated carbocycles. The van der Waals surface area contributed by atoms with Crippen molar-refractivity contribution in [2.45, 2.75) is 38.2 Å². The van der Waals surface area contributed by atoms with Crippen LogP contribution in [-0.2, 0) is 5.41 Å². The summed E-state index contributed by atoms with van der Waals surface area (Å²) in [5.41, 5.74) is 1.44. The van der Waals surface area contributed by atoms with Gasteiger partial charge in [0.1, 0.15) is 5.82 Å². The average Bonchev–Trinajstić information content (AvgIpc) is 2.90. The summed E-state index contributed by atoms with van der Waals surface area (Å²) in [6.45, 7) is 3.53. The Morgan fingerprint density at radius 1 is 1.43 bits per heavy atom. The molecule has 0 bridgehead atoms. The minimum Gasteiger partial charge on any atom is -0.392 e. The maximum atomic E-state index is 13.3. The van der Waals surface area contributed by atoms with Crippen molar-refractivity contribution in [3.05, 3.63) is 35.1 Å². The molecule has 2 rings (SSSR count). The normalized spacial score (nSPS) is 20.6. The molecule has 1 N–H and O–H groups in total. The molecule has 1 aliphatic carbocycles. The predicted molar refractivity (Wildman–Crippen MR) is 53.7 cm³/mol. The minimum absolute atomic E-state index is 0.158. The van der Waals surface area contributed by atoms with E-state index < -0.39 is 0 Å². The highest BCUT2D eigenvalue weighted by molar-refractivity contribution is 5.35. The molecule has 1 nitrogen and oxygen atoms in total. The van der Waals surface area contributed by atoms with E-state index in [1.54, 1.807) is 26.0 Å². The Bertz CT molecular complexity index is 353. The fourth-order valence-electron chi connectivity index (χ4n) is 1.98. The van der Waals surface area contributed by atoms with Gasteiger partial charge in [0.15, 0.2) is 0 Å². The van der Waals surface area contributed by atoms with Gasteiger partial charge in [-0.05, 0) is 43.9 Å². The predicted octanol–water partition coefficient (Wildman–Crippen LogP) is 2.55. The van der Waals surface area contributed by atoms with Crippen molar-refractivity contribution in [3.8, 4) is 0 Å². The van der Waals surface area contributed by atoms with E-state index in [2.05, 4.69) is 0 Å². The van der Waals surface area contributed by atoms with Crippen LogP contribution in [0.3, 0.4) is 0 Å². The third kappa shape index (κ3) is 1.34. The summed E-state index contributed by atoms with van der Waals surface area (Å²) in [7, 11) is 0. The molecule has 1 aromatic rings. The maximum absolute atomic E-state index is 13.3. The fourth-order valence-corrected chi connectivity index (χ4v) is 1.98. The van der Waals surface area contributed by atoms with Crippen molar-refractivity contribution in [2.24, 2.45) is 0 Å². The lowest BCUT2D eigenvalue weighted by Crippen LogP contribution is -2.22. The lowest BCUT2D eigenvalue weighted by atomic mass is 9.90. The standard InChI is InChI=1S/C12H15FO/c1-8-3-4-10(7-11(8)13)12(5-6-12)9(2)14/h3-4,7,9,14H,5-6H2,1-2H3. The SMILES string of the molecule is Cc1ccc(C2(C(C)O)CC2)cc1F. The van der Waals surface area contributed by atoms with Crippen LogP contribution >= 0.6 is 0 Å². The third-order valence-corrected chi connectivity index (χ3v) is 3.34. The molecule has 14 heavy (non-hydrogen) atoms. The van der Waals surface area contributed by atoms with Gasteiger partial charge < -0.3 is 5.11 Å². The molecule has 1 fully saturated rings. The molecule has 1 aliphatic rings. The third-order valence-electron chi connectivity index (χ3n) is 3.34. The molecular formula is C12H15FO. The quantitative estimate of drug-likeness (QED) is 0.767. The molecule has 0 aromatic heterocycles. The van der Waals surface area contributed by atoms with Gasteiger partial charge in [-0.3, -0.25) is 0 Å². The van der Waals surface area contributed by atoms with Crippen LogP contribution in [0.15, 0.2) is 18.2 Å². The largest absolute Gasteiger partial charge is 0.392 e. The van der Waals surface area contributed by atoms with E-state index in [0.29, 0.717) is 5.56 Å². The Labute approximate surface area is 83.6 Å². The number of halogens is 1. The number of hydrogen-bond donors (Lipinski definition) is 1. The molecule has 76 valence electrons. The summed E-state index contributed by atoms with van der Waals surface area (Å²) in [5.74, 6) is -0.172. The Morgan fingerprint density at radius 2 is 2.07 bits per heavy atom. The summed E-state index contributed by atoms with van der Waals surface area (Å²) >= 11 is 0. The number of benzene rings is 1. The maximum Gasteiger partial charge on any atom is 0.126 e. The highest BCUT2D eigenvalue weighted by atomic mass is 19.1. The molecule has 2 heteroatoms. The van der Waals surface area contributed by atoms with Gasteiger partial charge >= 0.3 is 0 Å². The van der Waals surface area contributed by atoms with Crippen molar-refractivity contribution in [1.82, 2.24) is 0 Å². The summed E-state index contributed by atoms with van der Waals surface area (Å²) in [6, 6.07) is 5.28. The second-order valence-corrected chi connectivity index (χ2v) is 4.30. The van der Waals surface area contributed by atoms with Gasteiger partial charge in [0.25, 0.3) is 0 Å². The summed E-state index contributed by atoms with van der Waals surface area (Å²) in [4.78, 5) is 0. The van der Waals surface area contributed by atoms with Gasteiger partial charge in [-0.2, -0.15) is 0 Å².